The van der Waals surface area contributed by atoms with Gasteiger partial charge in [-0.15, -0.1) is 11.6 Å². The summed E-state index contributed by atoms with van der Waals surface area (Å²) in [6, 6.07) is 21.6. The normalized spacial score (nSPS) is 13.0. The van der Waals surface area contributed by atoms with Crippen LogP contribution in [0.3, 0.4) is 0 Å². The molecule has 0 saturated carbocycles. The molecule has 26 heavy (non-hydrogen) atoms. The molecule has 1 nitrogen and oxygen atoms in total. The maximum Gasteiger partial charge on any atom is 0.261 e. The van der Waals surface area contributed by atoms with Gasteiger partial charge in [0.05, 0.1) is 0 Å². The topological polar surface area (TPSA) is 9.23 Å². The zero-order chi connectivity index (χ0) is 19.0. The van der Waals surface area contributed by atoms with Gasteiger partial charge in [0, 0.05) is 12.5 Å². The lowest BCUT2D eigenvalue weighted by molar-refractivity contribution is 0.292. The molecular formula is C23H31ClOSi. The lowest BCUT2D eigenvalue weighted by Gasteiger charge is -2.43. The summed E-state index contributed by atoms with van der Waals surface area (Å²) in [5, 5.41) is 2.72. The quantitative estimate of drug-likeness (QED) is 0.251. The second-order valence-corrected chi connectivity index (χ2v) is 12.4. The molecule has 0 aromatic heterocycles. The fourth-order valence-corrected chi connectivity index (χ4v) is 8.44. The third-order valence-electron chi connectivity index (χ3n) is 4.88. The Hall–Kier alpha value is -1.35. The number of rotatable bonds is 8. The van der Waals surface area contributed by atoms with E-state index in [0.717, 1.165) is 19.4 Å². The van der Waals surface area contributed by atoms with E-state index in [1.54, 1.807) is 0 Å². The molecule has 140 valence electrons. The van der Waals surface area contributed by atoms with Gasteiger partial charge in [-0.05, 0) is 35.2 Å². The van der Waals surface area contributed by atoms with Crippen LogP contribution in [0.25, 0.3) is 0 Å². The van der Waals surface area contributed by atoms with Gasteiger partial charge in [0.25, 0.3) is 8.32 Å². The molecule has 2 rings (SSSR count). The Morgan fingerprint density at radius 2 is 1.46 bits per heavy atom. The molecule has 0 spiro atoms. The molecule has 0 saturated heterocycles. The van der Waals surface area contributed by atoms with Crippen LogP contribution in [0.15, 0.2) is 72.3 Å². The second kappa shape index (κ2) is 9.54. The standard InChI is InChI=1S/C23H31ClOSi/c1-20(17-18-24)12-11-19-25-26(23(2,3)4,21-13-7-5-8-14-21)22-15-9-6-10-16-22/h5-10,13-17H,11-12,18-19H2,1-4H3/b20-17+. The van der Waals surface area contributed by atoms with Gasteiger partial charge in [-0.1, -0.05) is 93.1 Å². The molecule has 2 aromatic carbocycles. The van der Waals surface area contributed by atoms with Crippen molar-refractivity contribution in [3.8, 4) is 0 Å². The molecule has 3 heteroatoms. The summed E-state index contributed by atoms with van der Waals surface area (Å²) < 4.78 is 6.87. The van der Waals surface area contributed by atoms with Crippen LogP contribution in [0.5, 0.6) is 0 Å². The fraction of sp³-hybridized carbons (Fsp3) is 0.391. The highest BCUT2D eigenvalue weighted by atomic mass is 35.5. The molecule has 0 unspecified atom stereocenters. The van der Waals surface area contributed by atoms with E-state index in [1.807, 2.05) is 0 Å². The Balaban J connectivity index is 2.36. The van der Waals surface area contributed by atoms with E-state index in [0.29, 0.717) is 5.88 Å². The zero-order valence-corrected chi connectivity index (χ0v) is 18.2. The molecule has 0 aliphatic heterocycles. The van der Waals surface area contributed by atoms with E-state index >= 15 is 0 Å². The van der Waals surface area contributed by atoms with E-state index < -0.39 is 8.32 Å². The maximum absolute atomic E-state index is 6.87. The van der Waals surface area contributed by atoms with Gasteiger partial charge in [-0.25, -0.2) is 0 Å². The Labute approximate surface area is 165 Å². The van der Waals surface area contributed by atoms with Crippen LogP contribution in [-0.4, -0.2) is 20.8 Å². The van der Waals surface area contributed by atoms with Crippen molar-refractivity contribution < 1.29 is 4.43 Å². The summed E-state index contributed by atoms with van der Waals surface area (Å²) in [7, 11) is -2.39. The van der Waals surface area contributed by atoms with E-state index in [2.05, 4.69) is 94.4 Å². The second-order valence-electron chi connectivity index (χ2n) is 7.82. The van der Waals surface area contributed by atoms with Crippen molar-refractivity contribution in [2.24, 2.45) is 0 Å². The van der Waals surface area contributed by atoms with Gasteiger partial charge in [-0.2, -0.15) is 0 Å². The molecule has 0 atom stereocenters. The maximum atomic E-state index is 6.87. The van der Waals surface area contributed by atoms with Gasteiger partial charge in [0.1, 0.15) is 0 Å². The lowest BCUT2D eigenvalue weighted by atomic mass is 10.2. The zero-order valence-electron chi connectivity index (χ0n) is 16.5. The first-order chi connectivity index (χ1) is 12.4. The third-order valence-corrected chi connectivity index (χ3v) is 10.1. The van der Waals surface area contributed by atoms with Crippen LogP contribution < -0.4 is 10.4 Å². The highest BCUT2D eigenvalue weighted by Crippen LogP contribution is 2.36. The van der Waals surface area contributed by atoms with E-state index in [1.165, 1.54) is 15.9 Å². The summed E-state index contributed by atoms with van der Waals surface area (Å²) in [5.41, 5.74) is 1.34. The largest absolute Gasteiger partial charge is 0.407 e. The van der Waals surface area contributed by atoms with Crippen LogP contribution in [0.2, 0.25) is 5.04 Å². The lowest BCUT2D eigenvalue weighted by Crippen LogP contribution is -2.66. The first-order valence-electron chi connectivity index (χ1n) is 9.38. The molecule has 0 aliphatic rings. The monoisotopic (exact) mass is 386 g/mol. The number of halogens is 1. The predicted octanol–water partition coefficient (Wildman–Crippen LogP) is 5.53. The van der Waals surface area contributed by atoms with Crippen molar-refractivity contribution in [2.75, 3.05) is 12.5 Å². The smallest absolute Gasteiger partial charge is 0.261 e. The number of hydrogen-bond acceptors (Lipinski definition) is 1. The highest BCUT2D eigenvalue weighted by Gasteiger charge is 2.49. The molecular weight excluding hydrogens is 356 g/mol. The van der Waals surface area contributed by atoms with Crippen LogP contribution in [0.1, 0.15) is 40.5 Å². The van der Waals surface area contributed by atoms with Crippen LogP contribution >= 0.6 is 11.6 Å². The summed E-state index contributed by atoms with van der Waals surface area (Å²) in [5.74, 6) is 0.585. The van der Waals surface area contributed by atoms with E-state index in [-0.39, 0.29) is 5.04 Å². The van der Waals surface area contributed by atoms with Gasteiger partial charge in [0.15, 0.2) is 0 Å². The van der Waals surface area contributed by atoms with Crippen molar-refractivity contribution >= 4 is 30.3 Å². The Bertz CT molecular complexity index is 650. The van der Waals surface area contributed by atoms with Crippen molar-refractivity contribution in [3.63, 3.8) is 0 Å². The van der Waals surface area contributed by atoms with Gasteiger partial charge in [-0.3, -0.25) is 0 Å². The van der Waals surface area contributed by atoms with Gasteiger partial charge >= 0.3 is 0 Å². The average Bonchev–Trinajstić information content (AvgIpc) is 2.62. The predicted molar refractivity (Wildman–Crippen MR) is 117 cm³/mol. The minimum absolute atomic E-state index is 0.0384. The van der Waals surface area contributed by atoms with Crippen molar-refractivity contribution in [1.82, 2.24) is 0 Å². The Morgan fingerprint density at radius 1 is 0.962 bits per heavy atom. The first-order valence-corrected chi connectivity index (χ1v) is 11.8. The Kier molecular flexibility index (Phi) is 7.69. The van der Waals surface area contributed by atoms with Crippen LogP contribution in [-0.2, 0) is 4.43 Å². The number of hydrogen-bond donors (Lipinski definition) is 0. The summed E-state index contributed by atoms with van der Waals surface area (Å²) in [4.78, 5) is 0. The summed E-state index contributed by atoms with van der Waals surface area (Å²) in [6.45, 7) is 9.86. The van der Waals surface area contributed by atoms with E-state index in [9.17, 15) is 0 Å². The van der Waals surface area contributed by atoms with E-state index in [4.69, 9.17) is 16.0 Å². The average molecular weight is 387 g/mol. The van der Waals surface area contributed by atoms with Gasteiger partial charge in [0.2, 0.25) is 0 Å². The minimum atomic E-state index is -2.39. The van der Waals surface area contributed by atoms with Crippen LogP contribution in [0.4, 0.5) is 0 Å². The molecule has 0 radical (unpaired) electrons. The van der Waals surface area contributed by atoms with Crippen molar-refractivity contribution in [3.05, 3.63) is 72.3 Å². The molecule has 2 aromatic rings. The van der Waals surface area contributed by atoms with Crippen LogP contribution in [0, 0.1) is 0 Å². The van der Waals surface area contributed by atoms with Crippen molar-refractivity contribution in [2.45, 2.75) is 45.6 Å². The Morgan fingerprint density at radius 3 is 1.88 bits per heavy atom. The molecule has 0 amide bonds. The number of benzene rings is 2. The SMILES string of the molecule is C/C(=C\CCl)CCCO[Si](c1ccccc1)(c1ccccc1)C(C)(C)C. The molecule has 0 bridgehead atoms. The molecule has 0 heterocycles. The number of alkyl halides is 1. The van der Waals surface area contributed by atoms with Gasteiger partial charge < -0.3 is 4.43 Å². The molecule has 0 N–H and O–H groups in total. The third kappa shape index (κ3) is 4.88. The number of allylic oxidation sites excluding steroid dienone is 2. The molecule has 0 aliphatic carbocycles. The van der Waals surface area contributed by atoms with Crippen molar-refractivity contribution in [1.29, 1.82) is 0 Å². The highest BCUT2D eigenvalue weighted by molar-refractivity contribution is 6.99. The molecule has 0 fully saturated rings. The first kappa shape index (κ1) is 21.0. The summed E-state index contributed by atoms with van der Waals surface area (Å²) >= 11 is 5.80. The summed E-state index contributed by atoms with van der Waals surface area (Å²) in [6.07, 6.45) is 4.14. The fourth-order valence-electron chi connectivity index (χ4n) is 3.57. The minimum Gasteiger partial charge on any atom is -0.407 e.